The Kier molecular flexibility index (Phi) is 2.00. The molecule has 0 unspecified atom stereocenters. The van der Waals surface area contributed by atoms with Crippen LogP contribution in [-0.2, 0) is 0 Å². The number of imidazole rings is 1. The first-order valence-electron chi connectivity index (χ1n) is 4.82. The van der Waals surface area contributed by atoms with Crippen molar-refractivity contribution in [3.63, 3.8) is 0 Å². The Labute approximate surface area is 90.8 Å². The number of benzene rings is 1. The van der Waals surface area contributed by atoms with E-state index in [1.807, 2.05) is 30.3 Å². The van der Waals surface area contributed by atoms with Gasteiger partial charge >= 0.3 is 0 Å². The van der Waals surface area contributed by atoms with Gasteiger partial charge in [0, 0.05) is 0 Å². The van der Waals surface area contributed by atoms with Gasteiger partial charge in [-0.2, -0.15) is 0 Å². The predicted octanol–water partition coefficient (Wildman–Crippen LogP) is 2.12. The van der Waals surface area contributed by atoms with Crippen molar-refractivity contribution in [2.45, 2.75) is 0 Å². The van der Waals surface area contributed by atoms with E-state index in [1.54, 1.807) is 12.3 Å². The maximum atomic E-state index is 4.48. The summed E-state index contributed by atoms with van der Waals surface area (Å²) in [7, 11) is 0. The van der Waals surface area contributed by atoms with Gasteiger partial charge in [0.1, 0.15) is 11.5 Å². The molecule has 0 atom stereocenters. The van der Waals surface area contributed by atoms with Crippen LogP contribution in [0.5, 0.6) is 0 Å². The van der Waals surface area contributed by atoms with Gasteiger partial charge < -0.3 is 4.98 Å². The molecule has 0 aliphatic rings. The van der Waals surface area contributed by atoms with Crippen LogP contribution in [0, 0.1) is 0 Å². The van der Waals surface area contributed by atoms with Crippen LogP contribution in [0.25, 0.3) is 23.2 Å². The molecule has 0 spiro atoms. The molecule has 0 amide bonds. The normalized spacial score (nSPS) is 11.5. The summed E-state index contributed by atoms with van der Waals surface area (Å²) in [6, 6.07) is 7.87. The van der Waals surface area contributed by atoms with Crippen molar-refractivity contribution in [1.82, 2.24) is 20.3 Å². The van der Waals surface area contributed by atoms with Crippen molar-refractivity contribution in [1.29, 1.82) is 0 Å². The zero-order valence-corrected chi connectivity index (χ0v) is 8.29. The molecule has 0 aliphatic heterocycles. The molecule has 3 aromatic rings. The van der Waals surface area contributed by atoms with Crippen LogP contribution in [0.3, 0.4) is 0 Å². The van der Waals surface area contributed by atoms with Crippen molar-refractivity contribution < 1.29 is 4.63 Å². The second kappa shape index (κ2) is 3.62. The second-order valence-corrected chi connectivity index (χ2v) is 3.30. The average molecular weight is 212 g/mol. The largest absolute Gasteiger partial charge is 0.338 e. The Morgan fingerprint density at radius 2 is 2.12 bits per heavy atom. The zero-order valence-electron chi connectivity index (χ0n) is 8.29. The highest BCUT2D eigenvalue weighted by molar-refractivity contribution is 5.78. The number of hydrogen-bond donors (Lipinski definition) is 1. The number of rotatable bonds is 2. The molecule has 1 N–H and O–H groups in total. The van der Waals surface area contributed by atoms with E-state index in [1.165, 1.54) is 0 Å². The number of hydrogen-bond acceptors (Lipinski definition) is 4. The molecule has 3 rings (SSSR count). The first-order chi connectivity index (χ1) is 7.92. The van der Waals surface area contributed by atoms with E-state index in [2.05, 4.69) is 24.9 Å². The smallest absolute Gasteiger partial charge is 0.131 e. The molecule has 2 aromatic heterocycles. The molecule has 78 valence electrons. The van der Waals surface area contributed by atoms with E-state index in [0.717, 1.165) is 16.9 Å². The van der Waals surface area contributed by atoms with Crippen LogP contribution >= 0.6 is 0 Å². The van der Waals surface area contributed by atoms with E-state index >= 15 is 0 Å². The summed E-state index contributed by atoms with van der Waals surface area (Å²) < 4.78 is 4.48. The molecular weight excluding hydrogens is 204 g/mol. The molecule has 0 bridgehead atoms. The van der Waals surface area contributed by atoms with E-state index in [-0.39, 0.29) is 0 Å². The van der Waals surface area contributed by atoms with Crippen LogP contribution in [0.15, 0.2) is 35.1 Å². The average Bonchev–Trinajstić information content (AvgIpc) is 2.95. The Balaban J connectivity index is 1.95. The molecule has 0 fully saturated rings. The van der Waals surface area contributed by atoms with Crippen molar-refractivity contribution in [3.05, 3.63) is 42.0 Å². The molecule has 0 radical (unpaired) electrons. The van der Waals surface area contributed by atoms with Gasteiger partial charge in [-0.3, -0.25) is 0 Å². The van der Waals surface area contributed by atoms with Crippen LogP contribution in [0.1, 0.15) is 11.5 Å². The molecule has 5 heteroatoms. The van der Waals surface area contributed by atoms with E-state index in [0.29, 0.717) is 5.69 Å². The number of H-pyrrole nitrogens is 1. The fraction of sp³-hybridized carbons (Fsp3) is 0. The summed E-state index contributed by atoms with van der Waals surface area (Å²) in [6.45, 7) is 0. The number of nitrogens with zero attached hydrogens (tertiary/aromatic N) is 3. The number of aromatic nitrogens is 4. The van der Waals surface area contributed by atoms with Crippen LogP contribution < -0.4 is 0 Å². The van der Waals surface area contributed by atoms with Gasteiger partial charge in [0.05, 0.1) is 17.2 Å². The Morgan fingerprint density at radius 3 is 2.94 bits per heavy atom. The van der Waals surface area contributed by atoms with Gasteiger partial charge in [0.15, 0.2) is 0 Å². The summed E-state index contributed by atoms with van der Waals surface area (Å²) >= 11 is 0. The van der Waals surface area contributed by atoms with E-state index in [4.69, 9.17) is 0 Å². The van der Waals surface area contributed by atoms with Gasteiger partial charge in [-0.05, 0) is 24.3 Å². The highest BCUT2D eigenvalue weighted by atomic mass is 16.6. The first kappa shape index (κ1) is 8.84. The molecule has 1 aromatic carbocycles. The summed E-state index contributed by atoms with van der Waals surface area (Å²) in [5.74, 6) is 0.782. The maximum absolute atomic E-state index is 4.48. The fourth-order valence-corrected chi connectivity index (χ4v) is 1.46. The highest BCUT2D eigenvalue weighted by Gasteiger charge is 1.98. The van der Waals surface area contributed by atoms with Crippen LogP contribution in [-0.4, -0.2) is 20.3 Å². The van der Waals surface area contributed by atoms with Crippen LogP contribution in [0.4, 0.5) is 0 Å². The SMILES string of the molecule is C(=Cc1nc2ccccc2[nH]1)c1cnon1. The topological polar surface area (TPSA) is 67.6 Å². The van der Waals surface area contributed by atoms with Gasteiger partial charge in [-0.15, -0.1) is 0 Å². The summed E-state index contributed by atoms with van der Waals surface area (Å²) in [5.41, 5.74) is 2.63. The molecule has 2 heterocycles. The lowest BCUT2D eigenvalue weighted by atomic mass is 10.3. The van der Waals surface area contributed by atoms with Crippen molar-refractivity contribution in [2.75, 3.05) is 0 Å². The summed E-state index contributed by atoms with van der Waals surface area (Å²) in [4.78, 5) is 7.57. The molecule has 16 heavy (non-hydrogen) atoms. The molecule has 0 saturated carbocycles. The minimum Gasteiger partial charge on any atom is -0.338 e. The monoisotopic (exact) mass is 212 g/mol. The van der Waals surface area contributed by atoms with Gasteiger partial charge in [0.2, 0.25) is 0 Å². The Bertz CT molecular complexity index is 591. The number of nitrogens with one attached hydrogen (secondary N) is 1. The second-order valence-electron chi connectivity index (χ2n) is 3.30. The van der Waals surface area contributed by atoms with E-state index in [9.17, 15) is 0 Å². The predicted molar refractivity (Wildman–Crippen MR) is 59.3 cm³/mol. The third-order valence-electron chi connectivity index (χ3n) is 2.20. The molecule has 0 aliphatic carbocycles. The van der Waals surface area contributed by atoms with Crippen molar-refractivity contribution in [3.8, 4) is 0 Å². The number of para-hydroxylation sites is 2. The standard InChI is InChI=1S/C11H8N4O/c1-2-4-10-9(3-1)13-11(14-10)6-5-8-7-12-16-15-8/h1-7H,(H,13,14). The summed E-state index contributed by atoms with van der Waals surface area (Å²) in [6.07, 6.45) is 5.16. The van der Waals surface area contributed by atoms with Crippen LogP contribution in [0.2, 0.25) is 0 Å². The number of aromatic amines is 1. The molecular formula is C11H8N4O. The third-order valence-corrected chi connectivity index (χ3v) is 2.20. The molecule has 5 nitrogen and oxygen atoms in total. The highest BCUT2D eigenvalue weighted by Crippen LogP contribution is 2.11. The fourth-order valence-electron chi connectivity index (χ4n) is 1.46. The summed E-state index contributed by atoms with van der Waals surface area (Å²) in [5, 5.41) is 7.18. The lowest BCUT2D eigenvalue weighted by Gasteiger charge is -1.81. The molecule has 0 saturated heterocycles. The zero-order chi connectivity index (χ0) is 10.8. The van der Waals surface area contributed by atoms with Gasteiger partial charge in [0.25, 0.3) is 0 Å². The van der Waals surface area contributed by atoms with E-state index < -0.39 is 0 Å². The van der Waals surface area contributed by atoms with Gasteiger partial charge in [-0.1, -0.05) is 22.4 Å². The Morgan fingerprint density at radius 1 is 1.19 bits per heavy atom. The first-order valence-corrected chi connectivity index (χ1v) is 4.82. The minimum atomic E-state index is 0.667. The lowest BCUT2D eigenvalue weighted by Crippen LogP contribution is -1.74. The quantitative estimate of drug-likeness (QED) is 0.706. The Hall–Kier alpha value is -2.43. The van der Waals surface area contributed by atoms with Crippen molar-refractivity contribution in [2.24, 2.45) is 0 Å². The number of fused-ring (bicyclic) bond motifs is 1. The lowest BCUT2D eigenvalue weighted by molar-refractivity contribution is 0.306. The van der Waals surface area contributed by atoms with Gasteiger partial charge in [-0.25, -0.2) is 9.61 Å². The minimum absolute atomic E-state index is 0.667. The third kappa shape index (κ3) is 1.58. The van der Waals surface area contributed by atoms with Crippen molar-refractivity contribution >= 4 is 23.2 Å². The maximum Gasteiger partial charge on any atom is 0.131 e.